The molecule has 1 heterocycles. The molecule has 2 rings (SSSR count). The van der Waals surface area contributed by atoms with Gasteiger partial charge in [0.2, 0.25) is 5.91 Å². The first-order valence-electron chi connectivity index (χ1n) is 8.56. The smallest absolute Gasteiger partial charge is 0.246 e. The average molecular weight is 342 g/mol. The van der Waals surface area contributed by atoms with E-state index >= 15 is 0 Å². The summed E-state index contributed by atoms with van der Waals surface area (Å²) in [7, 11) is 1.98. The SMILES string of the molecule is C#Cc1cccc(NC(=O)CN=C(NCC)N(C)CC2CCOC2)c1. The van der Waals surface area contributed by atoms with Crippen LogP contribution < -0.4 is 10.6 Å². The van der Waals surface area contributed by atoms with Crippen LogP contribution in [0.5, 0.6) is 0 Å². The number of nitrogens with zero attached hydrogens (tertiary/aromatic N) is 2. The number of nitrogens with one attached hydrogen (secondary N) is 2. The Hall–Kier alpha value is -2.52. The summed E-state index contributed by atoms with van der Waals surface area (Å²) in [6.45, 7) is 5.27. The third-order valence-electron chi connectivity index (χ3n) is 3.94. The van der Waals surface area contributed by atoms with Crippen molar-refractivity contribution in [3.63, 3.8) is 0 Å². The van der Waals surface area contributed by atoms with Crippen molar-refractivity contribution in [2.75, 3.05) is 45.2 Å². The molecule has 1 atom stereocenters. The Labute approximate surface area is 149 Å². The van der Waals surface area contributed by atoms with Gasteiger partial charge in [-0.3, -0.25) is 4.79 Å². The van der Waals surface area contributed by atoms with E-state index < -0.39 is 0 Å². The van der Waals surface area contributed by atoms with Crippen molar-refractivity contribution in [3.05, 3.63) is 29.8 Å². The number of hydrogen-bond donors (Lipinski definition) is 2. The Kier molecular flexibility index (Phi) is 7.30. The molecule has 0 aliphatic carbocycles. The molecule has 1 fully saturated rings. The molecule has 2 N–H and O–H groups in total. The molecule has 1 unspecified atom stereocenters. The number of benzene rings is 1. The Morgan fingerprint density at radius 3 is 3.04 bits per heavy atom. The lowest BCUT2D eigenvalue weighted by molar-refractivity contribution is -0.114. The largest absolute Gasteiger partial charge is 0.381 e. The second kappa shape index (κ2) is 9.70. The van der Waals surface area contributed by atoms with Crippen LogP contribution in [0.4, 0.5) is 5.69 Å². The Bertz CT molecular complexity index is 645. The van der Waals surface area contributed by atoms with Gasteiger partial charge in [-0.05, 0) is 31.5 Å². The van der Waals surface area contributed by atoms with E-state index in [0.717, 1.165) is 44.2 Å². The maximum Gasteiger partial charge on any atom is 0.246 e. The summed E-state index contributed by atoms with van der Waals surface area (Å²) in [5.74, 6) is 3.61. The highest BCUT2D eigenvalue weighted by Gasteiger charge is 2.19. The minimum atomic E-state index is -0.179. The van der Waals surface area contributed by atoms with E-state index in [0.29, 0.717) is 11.6 Å². The Balaban J connectivity index is 1.92. The molecule has 0 spiro atoms. The summed E-state index contributed by atoms with van der Waals surface area (Å²) in [4.78, 5) is 18.6. The van der Waals surface area contributed by atoms with Crippen molar-refractivity contribution >= 4 is 17.6 Å². The van der Waals surface area contributed by atoms with Gasteiger partial charge in [-0.1, -0.05) is 12.0 Å². The van der Waals surface area contributed by atoms with Gasteiger partial charge in [-0.15, -0.1) is 6.42 Å². The standard InChI is InChI=1S/C19H26N4O2/c1-4-15-7-6-8-17(11-15)22-18(24)12-21-19(20-5-2)23(3)13-16-9-10-25-14-16/h1,6-8,11,16H,5,9-10,12-14H2,2-3H3,(H,20,21)(H,22,24). The van der Waals surface area contributed by atoms with Crippen molar-refractivity contribution in [2.24, 2.45) is 10.9 Å². The summed E-state index contributed by atoms with van der Waals surface area (Å²) >= 11 is 0. The number of carbonyl (C=O) groups excluding carboxylic acids is 1. The quantitative estimate of drug-likeness (QED) is 0.468. The minimum Gasteiger partial charge on any atom is -0.381 e. The molecule has 0 aromatic heterocycles. The number of anilines is 1. The first kappa shape index (κ1) is 18.8. The molecule has 0 saturated carbocycles. The topological polar surface area (TPSA) is 66.0 Å². The Morgan fingerprint density at radius 2 is 2.36 bits per heavy atom. The lowest BCUT2D eigenvalue weighted by Gasteiger charge is -2.24. The van der Waals surface area contributed by atoms with E-state index in [4.69, 9.17) is 11.2 Å². The van der Waals surface area contributed by atoms with Crippen molar-refractivity contribution < 1.29 is 9.53 Å². The van der Waals surface area contributed by atoms with Crippen molar-refractivity contribution in [1.82, 2.24) is 10.2 Å². The molecule has 1 amide bonds. The fourth-order valence-corrected chi connectivity index (χ4v) is 2.70. The normalized spacial score (nSPS) is 17.0. The molecule has 1 aromatic carbocycles. The lowest BCUT2D eigenvalue weighted by Crippen LogP contribution is -2.42. The number of carbonyl (C=O) groups is 1. The van der Waals surface area contributed by atoms with Crippen LogP contribution in [0.25, 0.3) is 0 Å². The molecule has 1 aliphatic heterocycles. The maximum absolute atomic E-state index is 12.2. The molecule has 134 valence electrons. The fourth-order valence-electron chi connectivity index (χ4n) is 2.70. The number of rotatable bonds is 6. The van der Waals surface area contributed by atoms with Gasteiger partial charge in [0.25, 0.3) is 0 Å². The van der Waals surface area contributed by atoms with E-state index in [1.807, 2.05) is 26.1 Å². The summed E-state index contributed by atoms with van der Waals surface area (Å²) in [5, 5.41) is 6.04. The van der Waals surface area contributed by atoms with E-state index in [2.05, 4.69) is 26.4 Å². The molecule has 0 radical (unpaired) electrons. The number of terminal acetylenes is 1. The zero-order valence-corrected chi connectivity index (χ0v) is 14.9. The predicted molar refractivity (Wildman–Crippen MR) is 101 cm³/mol. The van der Waals surface area contributed by atoms with Crippen LogP contribution in [0, 0.1) is 18.3 Å². The molecule has 1 saturated heterocycles. The van der Waals surface area contributed by atoms with Crippen LogP contribution in [0.1, 0.15) is 18.9 Å². The maximum atomic E-state index is 12.2. The van der Waals surface area contributed by atoms with Gasteiger partial charge in [0, 0.05) is 43.9 Å². The number of ether oxygens (including phenoxy) is 1. The van der Waals surface area contributed by atoms with Crippen LogP contribution in [-0.4, -0.2) is 56.7 Å². The third kappa shape index (κ3) is 6.12. The van der Waals surface area contributed by atoms with Gasteiger partial charge >= 0.3 is 0 Å². The number of guanidine groups is 1. The van der Waals surface area contributed by atoms with Crippen molar-refractivity contribution in [3.8, 4) is 12.3 Å². The molecular formula is C19H26N4O2. The summed E-state index contributed by atoms with van der Waals surface area (Å²) < 4.78 is 5.42. The highest BCUT2D eigenvalue weighted by Crippen LogP contribution is 2.13. The first-order chi connectivity index (χ1) is 12.1. The monoisotopic (exact) mass is 342 g/mol. The van der Waals surface area contributed by atoms with Crippen LogP contribution in [0.2, 0.25) is 0 Å². The lowest BCUT2D eigenvalue weighted by atomic mass is 10.1. The van der Waals surface area contributed by atoms with Gasteiger partial charge in [-0.2, -0.15) is 0 Å². The average Bonchev–Trinajstić information content (AvgIpc) is 3.11. The number of hydrogen-bond acceptors (Lipinski definition) is 3. The molecule has 1 aliphatic rings. The number of aliphatic imine (C=N–C) groups is 1. The minimum absolute atomic E-state index is 0.0497. The van der Waals surface area contributed by atoms with Gasteiger partial charge in [0.15, 0.2) is 5.96 Å². The van der Waals surface area contributed by atoms with Crippen molar-refractivity contribution in [2.45, 2.75) is 13.3 Å². The van der Waals surface area contributed by atoms with Gasteiger partial charge in [0.05, 0.1) is 6.61 Å². The molecule has 1 aromatic rings. The summed E-state index contributed by atoms with van der Waals surface area (Å²) in [5.41, 5.74) is 1.41. The molecule has 6 heteroatoms. The van der Waals surface area contributed by atoms with Crippen LogP contribution in [0.3, 0.4) is 0 Å². The van der Waals surface area contributed by atoms with E-state index in [9.17, 15) is 4.79 Å². The van der Waals surface area contributed by atoms with E-state index in [-0.39, 0.29) is 12.5 Å². The molecule has 25 heavy (non-hydrogen) atoms. The van der Waals surface area contributed by atoms with E-state index in [1.54, 1.807) is 12.1 Å². The Morgan fingerprint density at radius 1 is 1.52 bits per heavy atom. The van der Waals surface area contributed by atoms with Crippen molar-refractivity contribution in [1.29, 1.82) is 0 Å². The molecule has 6 nitrogen and oxygen atoms in total. The van der Waals surface area contributed by atoms with Gasteiger partial charge < -0.3 is 20.3 Å². The van der Waals surface area contributed by atoms with Gasteiger partial charge in [-0.25, -0.2) is 4.99 Å². The zero-order valence-electron chi connectivity index (χ0n) is 14.9. The van der Waals surface area contributed by atoms with Crippen LogP contribution >= 0.6 is 0 Å². The predicted octanol–water partition coefficient (Wildman–Crippen LogP) is 1.54. The zero-order chi connectivity index (χ0) is 18.1. The highest BCUT2D eigenvalue weighted by atomic mass is 16.5. The third-order valence-corrected chi connectivity index (χ3v) is 3.94. The van der Waals surface area contributed by atoms with E-state index in [1.165, 1.54) is 0 Å². The first-order valence-corrected chi connectivity index (χ1v) is 8.56. The summed E-state index contributed by atoms with van der Waals surface area (Å²) in [6, 6.07) is 7.20. The van der Waals surface area contributed by atoms with Crippen LogP contribution in [0.15, 0.2) is 29.3 Å². The molecule has 0 bridgehead atoms. The van der Waals surface area contributed by atoms with Gasteiger partial charge in [0.1, 0.15) is 6.54 Å². The second-order valence-corrected chi connectivity index (χ2v) is 6.05. The van der Waals surface area contributed by atoms with Crippen LogP contribution in [-0.2, 0) is 9.53 Å². The molecular weight excluding hydrogens is 316 g/mol. The second-order valence-electron chi connectivity index (χ2n) is 6.05. The highest BCUT2D eigenvalue weighted by molar-refractivity contribution is 5.94. The summed E-state index contributed by atoms with van der Waals surface area (Å²) in [6.07, 6.45) is 6.44. The fraction of sp³-hybridized carbons (Fsp3) is 0.474. The number of amides is 1.